The van der Waals surface area contributed by atoms with E-state index in [1.165, 1.54) is 6.20 Å². The zero-order chi connectivity index (χ0) is 20.7. The van der Waals surface area contributed by atoms with Crippen molar-refractivity contribution in [2.24, 2.45) is 0 Å². The van der Waals surface area contributed by atoms with Gasteiger partial charge in [-0.25, -0.2) is 14.6 Å². The first kappa shape index (κ1) is 21.7. The summed E-state index contributed by atoms with van der Waals surface area (Å²) < 4.78 is 10.6. The van der Waals surface area contributed by atoms with E-state index in [0.29, 0.717) is 31.4 Å². The molecule has 1 fully saturated rings. The van der Waals surface area contributed by atoms with Gasteiger partial charge in [-0.1, -0.05) is 0 Å². The van der Waals surface area contributed by atoms with Crippen LogP contribution < -0.4 is 10.6 Å². The summed E-state index contributed by atoms with van der Waals surface area (Å²) in [4.78, 5) is 34.9. The molecule has 9 heteroatoms. The van der Waals surface area contributed by atoms with Crippen LogP contribution in [-0.4, -0.2) is 64.8 Å². The third-order valence-electron chi connectivity index (χ3n) is 4.03. The molecule has 1 atom stereocenters. The van der Waals surface area contributed by atoms with Gasteiger partial charge in [0.2, 0.25) is 5.95 Å². The van der Waals surface area contributed by atoms with Gasteiger partial charge in [0.15, 0.2) is 0 Å². The van der Waals surface area contributed by atoms with Crippen molar-refractivity contribution in [1.82, 2.24) is 14.9 Å². The average molecular weight is 393 g/mol. The van der Waals surface area contributed by atoms with Crippen LogP contribution in [0.1, 0.15) is 57.8 Å². The quantitative estimate of drug-likeness (QED) is 0.711. The summed E-state index contributed by atoms with van der Waals surface area (Å²) in [6.45, 7) is 11.3. The molecule has 0 aliphatic carbocycles. The van der Waals surface area contributed by atoms with Crippen LogP contribution in [0.15, 0.2) is 6.20 Å². The van der Waals surface area contributed by atoms with Crippen molar-refractivity contribution >= 4 is 23.8 Å². The average Bonchev–Trinajstić information content (AvgIpc) is 2.61. The van der Waals surface area contributed by atoms with Crippen molar-refractivity contribution in [2.45, 2.75) is 59.1 Å². The van der Waals surface area contributed by atoms with Gasteiger partial charge < -0.3 is 25.0 Å². The summed E-state index contributed by atoms with van der Waals surface area (Å²) in [5.41, 5.74) is -0.264. The Morgan fingerprint density at radius 3 is 2.71 bits per heavy atom. The molecule has 1 unspecified atom stereocenters. The van der Waals surface area contributed by atoms with Crippen LogP contribution in [0.25, 0.3) is 0 Å². The fourth-order valence-electron chi connectivity index (χ4n) is 2.87. The number of nitrogens with zero attached hydrogens (tertiary/aromatic N) is 3. The molecule has 1 aromatic rings. The summed E-state index contributed by atoms with van der Waals surface area (Å²) in [5, 5.41) is 6.33. The first-order valence-corrected chi connectivity index (χ1v) is 9.76. The molecular weight excluding hydrogens is 362 g/mol. The molecule has 9 nitrogen and oxygen atoms in total. The van der Waals surface area contributed by atoms with E-state index in [0.717, 1.165) is 12.8 Å². The molecule has 156 valence electrons. The predicted octanol–water partition coefficient (Wildman–Crippen LogP) is 2.90. The molecule has 0 aromatic carbocycles. The van der Waals surface area contributed by atoms with E-state index in [2.05, 4.69) is 20.6 Å². The highest BCUT2D eigenvalue weighted by Crippen LogP contribution is 2.21. The second-order valence-corrected chi connectivity index (χ2v) is 7.62. The second kappa shape index (κ2) is 9.57. The molecule has 1 amide bonds. The van der Waals surface area contributed by atoms with Crippen LogP contribution in [0.3, 0.4) is 0 Å². The summed E-state index contributed by atoms with van der Waals surface area (Å²) in [7, 11) is 0. The van der Waals surface area contributed by atoms with Gasteiger partial charge in [0.1, 0.15) is 17.0 Å². The van der Waals surface area contributed by atoms with E-state index >= 15 is 0 Å². The Balaban J connectivity index is 2.14. The monoisotopic (exact) mass is 393 g/mol. The largest absolute Gasteiger partial charge is 0.462 e. The maximum Gasteiger partial charge on any atom is 0.410 e. The zero-order valence-corrected chi connectivity index (χ0v) is 17.4. The lowest BCUT2D eigenvalue weighted by Crippen LogP contribution is -2.47. The fourth-order valence-corrected chi connectivity index (χ4v) is 2.87. The molecule has 1 aliphatic rings. The van der Waals surface area contributed by atoms with Gasteiger partial charge in [0.25, 0.3) is 0 Å². The van der Waals surface area contributed by atoms with Crippen molar-refractivity contribution in [3.63, 3.8) is 0 Å². The van der Waals surface area contributed by atoms with Gasteiger partial charge in [-0.3, -0.25) is 0 Å². The Morgan fingerprint density at radius 1 is 1.32 bits per heavy atom. The third-order valence-corrected chi connectivity index (χ3v) is 4.03. The van der Waals surface area contributed by atoms with Gasteiger partial charge >= 0.3 is 12.1 Å². The minimum absolute atomic E-state index is 0.0566. The maximum absolute atomic E-state index is 12.4. The van der Waals surface area contributed by atoms with Crippen LogP contribution in [0, 0.1) is 0 Å². The molecule has 2 N–H and O–H groups in total. The zero-order valence-electron chi connectivity index (χ0n) is 17.4. The minimum atomic E-state index is -0.540. The molecule has 28 heavy (non-hydrogen) atoms. The number of carbonyl (C=O) groups is 2. The first-order chi connectivity index (χ1) is 13.2. The number of piperidine rings is 1. The number of carbonyl (C=O) groups excluding carboxylic acids is 2. The molecule has 0 spiro atoms. The normalized spacial score (nSPS) is 17.0. The number of rotatable bonds is 6. The molecule has 2 rings (SSSR count). The molecule has 0 bridgehead atoms. The lowest BCUT2D eigenvalue weighted by Gasteiger charge is -2.34. The predicted molar refractivity (Wildman–Crippen MR) is 107 cm³/mol. The molecule has 0 saturated carbocycles. The Kier molecular flexibility index (Phi) is 7.42. The number of esters is 1. The first-order valence-electron chi connectivity index (χ1n) is 9.76. The van der Waals surface area contributed by atoms with Crippen LogP contribution in [0.2, 0.25) is 0 Å². The van der Waals surface area contributed by atoms with Gasteiger partial charge in [-0.05, 0) is 47.5 Å². The smallest absolute Gasteiger partial charge is 0.410 e. The number of hydrogen-bond donors (Lipinski definition) is 2. The number of aromatic nitrogens is 2. The topological polar surface area (TPSA) is 106 Å². The summed E-state index contributed by atoms with van der Waals surface area (Å²) in [6.07, 6.45) is 2.80. The van der Waals surface area contributed by atoms with Crippen molar-refractivity contribution < 1.29 is 19.1 Å². The van der Waals surface area contributed by atoms with Crippen LogP contribution in [0.5, 0.6) is 0 Å². The maximum atomic E-state index is 12.4. The number of hydrogen-bond acceptors (Lipinski definition) is 8. The van der Waals surface area contributed by atoms with Gasteiger partial charge in [0.05, 0.1) is 6.61 Å². The molecule has 0 radical (unpaired) electrons. The Hall–Kier alpha value is -2.58. The van der Waals surface area contributed by atoms with E-state index in [1.54, 1.807) is 11.8 Å². The van der Waals surface area contributed by atoms with E-state index in [1.807, 2.05) is 27.7 Å². The molecule has 1 aromatic heterocycles. The minimum Gasteiger partial charge on any atom is -0.462 e. The standard InChI is InChI=1S/C19H31N5O4/c1-6-20-17-21-11-14(16(25)27-7-2)15(23-17)22-13-9-8-10-24(12-13)18(26)28-19(3,4)5/h11,13H,6-10,12H2,1-5H3,(H2,20,21,22,23). The highest BCUT2D eigenvalue weighted by atomic mass is 16.6. The van der Waals surface area contributed by atoms with Crippen LogP contribution >= 0.6 is 0 Å². The molecular formula is C19H31N5O4. The van der Waals surface area contributed by atoms with Crippen molar-refractivity contribution in [3.05, 3.63) is 11.8 Å². The number of amides is 1. The number of nitrogens with one attached hydrogen (secondary N) is 2. The van der Waals surface area contributed by atoms with Crippen molar-refractivity contribution in [2.75, 3.05) is 36.9 Å². The lowest BCUT2D eigenvalue weighted by atomic mass is 10.1. The summed E-state index contributed by atoms with van der Waals surface area (Å²) >= 11 is 0. The second-order valence-electron chi connectivity index (χ2n) is 7.62. The van der Waals surface area contributed by atoms with E-state index in [4.69, 9.17) is 9.47 Å². The van der Waals surface area contributed by atoms with Crippen molar-refractivity contribution in [3.8, 4) is 0 Å². The van der Waals surface area contributed by atoms with E-state index in [9.17, 15) is 9.59 Å². The molecule has 1 saturated heterocycles. The van der Waals surface area contributed by atoms with Gasteiger partial charge in [-0.15, -0.1) is 0 Å². The highest BCUT2D eigenvalue weighted by Gasteiger charge is 2.29. The Bertz CT molecular complexity index is 689. The Morgan fingerprint density at radius 2 is 2.07 bits per heavy atom. The Labute approximate surface area is 166 Å². The van der Waals surface area contributed by atoms with Gasteiger partial charge in [0, 0.05) is 31.9 Å². The summed E-state index contributed by atoms with van der Waals surface area (Å²) in [5.74, 6) is 0.353. The van der Waals surface area contributed by atoms with E-state index in [-0.39, 0.29) is 24.3 Å². The molecule has 2 heterocycles. The van der Waals surface area contributed by atoms with Crippen LogP contribution in [-0.2, 0) is 9.47 Å². The van der Waals surface area contributed by atoms with Crippen LogP contribution in [0.4, 0.5) is 16.6 Å². The fraction of sp³-hybridized carbons (Fsp3) is 0.684. The SMILES string of the molecule is CCNc1ncc(C(=O)OCC)c(NC2CCCN(C(=O)OC(C)(C)C)C2)n1. The number of ether oxygens (including phenoxy) is 2. The van der Waals surface area contributed by atoms with E-state index < -0.39 is 11.6 Å². The number of anilines is 2. The number of likely N-dealkylation sites (tertiary alicyclic amines) is 1. The highest BCUT2D eigenvalue weighted by molar-refractivity contribution is 5.94. The van der Waals surface area contributed by atoms with Gasteiger partial charge in [-0.2, -0.15) is 4.98 Å². The van der Waals surface area contributed by atoms with Crippen molar-refractivity contribution in [1.29, 1.82) is 0 Å². The third kappa shape index (κ3) is 6.24. The lowest BCUT2D eigenvalue weighted by molar-refractivity contribution is 0.0205. The summed E-state index contributed by atoms with van der Waals surface area (Å²) in [6, 6.07) is -0.0566. The molecule has 1 aliphatic heterocycles.